The van der Waals surface area contributed by atoms with E-state index in [1.165, 1.54) is 45.5 Å². The fourth-order valence-electron chi connectivity index (χ4n) is 12.5. The zero-order chi connectivity index (χ0) is 92.1. The molecule has 0 aliphatic carbocycles. The summed E-state index contributed by atoms with van der Waals surface area (Å²) in [5.74, 6) is -3.12. The van der Waals surface area contributed by atoms with Gasteiger partial charge in [-0.25, -0.2) is 43.4 Å². The number of benzene rings is 8. The van der Waals surface area contributed by atoms with Crippen molar-refractivity contribution in [1.82, 2.24) is 20.4 Å². The number of imide groups is 2. The molecule has 0 bridgehead atoms. The van der Waals surface area contributed by atoms with Gasteiger partial charge in [-0.2, -0.15) is 10.5 Å². The molecule has 0 radical (unpaired) electrons. The molecule has 0 saturated heterocycles. The van der Waals surface area contributed by atoms with E-state index >= 15 is 0 Å². The Balaban J connectivity index is 0.000000294. The largest absolute Gasteiger partial charge is 0.478 e. The summed E-state index contributed by atoms with van der Waals surface area (Å²) in [6, 6.07) is 33.4. The summed E-state index contributed by atoms with van der Waals surface area (Å²) in [5.41, 5.74) is 16.7. The standard InChI is InChI=1S/C15H18N2O4.C15H16N2O3.C14H16BrNO3.C10H10Br2O2.C10H11BrO2.C9H8BrNO.C9H9BrO2.C8H8BrI/c1-9-5-10(7-16)6-11(12(9)13(18)19)8-17-14(20)21-15(2,3)4;1-9-5-10(7-16)6-11-8-17(13(18)12(9)11)14(19)20-15(2,3)4;1-8-5-10(15)6-9-7-16(12(17)11(8)9)13(18)19-14(2,3)4;1-6-3-8(12)4-7(5-11)9(6)10(13)14-2;1-6-4-8(11)5-7(2)9(6)10(12)13-3;1-5-2-7(10)3-6-4-11-9(12)8(5)6;1-5-3-7(10)4-6(2)8(5)9(11)12;1-5-3-7(9)4-6(2)8(5)10/h5-6H,8H2,1-4H3,(H,17,20)(H,18,19);5-6H,8H2,1-4H3;5-6H,7H2,1-4H3;3-4H,5H2,1-2H3;4-5H,1-3H3;2-3H,4H2,1H3,(H,11,12);3-4H,1-2H3,(H,11,12);3-4H,1-2H3. The number of alkyl carbamates (subject to hydrolysis) is 1. The van der Waals surface area contributed by atoms with Crippen molar-refractivity contribution in [3.8, 4) is 12.1 Å². The van der Waals surface area contributed by atoms with Gasteiger partial charge in [-0.05, 0) is 347 Å². The van der Waals surface area contributed by atoms with Crippen LogP contribution in [-0.2, 0) is 55.2 Å². The number of hydrogen-bond donors (Lipinski definition) is 4. The highest BCUT2D eigenvalue weighted by Gasteiger charge is 2.38. The maximum atomic E-state index is 12.3. The number of ether oxygens (including phenoxy) is 5. The number of carbonyl (C=O) groups is 10. The van der Waals surface area contributed by atoms with E-state index < -0.39 is 47.0 Å². The highest BCUT2D eigenvalue weighted by molar-refractivity contribution is 14.1. The second-order valence-corrected chi connectivity index (χ2v) is 38.0. The van der Waals surface area contributed by atoms with Crippen LogP contribution < -0.4 is 10.6 Å². The summed E-state index contributed by atoms with van der Waals surface area (Å²) in [6.45, 7) is 37.5. The average Bonchev–Trinajstić information content (AvgIpc) is 1.66. The lowest BCUT2D eigenvalue weighted by atomic mass is 9.98. The third kappa shape index (κ3) is 31.3. The molecule has 0 saturated carbocycles. The Morgan fingerprint density at radius 2 is 0.769 bits per heavy atom. The van der Waals surface area contributed by atoms with E-state index in [4.69, 9.17) is 34.6 Å². The molecule has 3 heterocycles. The van der Waals surface area contributed by atoms with Crippen LogP contribution in [0.25, 0.3) is 0 Å². The van der Waals surface area contributed by atoms with E-state index in [-0.39, 0.29) is 54.9 Å². The van der Waals surface area contributed by atoms with E-state index in [1.54, 1.807) is 114 Å². The molecule has 23 nitrogen and oxygen atoms in total. The molecule has 31 heteroatoms. The molecule has 644 valence electrons. The van der Waals surface area contributed by atoms with Gasteiger partial charge < -0.3 is 44.5 Å². The van der Waals surface area contributed by atoms with E-state index in [0.717, 1.165) is 93.4 Å². The third-order valence-corrected chi connectivity index (χ3v) is 22.3. The monoisotopic (exact) mass is 2210 g/mol. The number of carboxylic acids is 2. The zero-order valence-corrected chi connectivity index (χ0v) is 84.4. The van der Waals surface area contributed by atoms with Crippen molar-refractivity contribution in [1.29, 1.82) is 10.5 Å². The second kappa shape index (κ2) is 46.2. The number of methoxy groups -OCH3 is 2. The predicted octanol–water partition coefficient (Wildman–Crippen LogP) is 23.7. The van der Waals surface area contributed by atoms with Crippen LogP contribution in [0.1, 0.15) is 235 Å². The van der Waals surface area contributed by atoms with Crippen LogP contribution in [0.3, 0.4) is 0 Å². The van der Waals surface area contributed by atoms with Crippen molar-refractivity contribution < 1.29 is 81.8 Å². The van der Waals surface area contributed by atoms with Crippen molar-refractivity contribution >= 4 is 194 Å². The molecule has 0 unspecified atom stereocenters. The molecule has 0 aromatic heterocycles. The summed E-state index contributed by atoms with van der Waals surface area (Å²) in [7, 11) is 2.78. The number of esters is 2. The topological polar surface area (TPSA) is 335 Å². The third-order valence-electron chi connectivity index (χ3n) is 17.3. The number of nitrogens with zero attached hydrogens (tertiary/aromatic N) is 4. The summed E-state index contributed by atoms with van der Waals surface area (Å²) in [6.07, 6.45) is -1.89. The SMILES string of the molecule is COC(=O)c1c(C)cc(Br)cc1C.COC(=O)c1c(C)cc(Br)cc1CBr.Cc1cc(Br)cc(C)c1C(=O)O.Cc1cc(Br)cc(C)c1I.Cc1cc(Br)cc2c1C(=O)N(C(=O)OC(C)(C)C)C2.Cc1cc(Br)cc2c1C(=O)NC2.Cc1cc(C#N)cc(CNC(=O)OC(C)(C)C)c1C(=O)O.Cc1cc(C#N)cc2c1C(=O)N(C(=O)OC(C)(C)C)C2. The van der Waals surface area contributed by atoms with Gasteiger partial charge in [-0.1, -0.05) is 112 Å². The van der Waals surface area contributed by atoms with E-state index in [2.05, 4.69) is 175 Å². The number of nitriles is 2. The maximum Gasteiger partial charge on any atom is 0.417 e. The van der Waals surface area contributed by atoms with Crippen LogP contribution in [0, 0.1) is 102 Å². The van der Waals surface area contributed by atoms with Gasteiger partial charge in [-0.3, -0.25) is 14.4 Å². The minimum absolute atomic E-state index is 0.0209. The van der Waals surface area contributed by atoms with Crippen LogP contribution in [0.2, 0.25) is 0 Å². The number of aromatic carboxylic acids is 2. The van der Waals surface area contributed by atoms with Gasteiger partial charge in [0, 0.05) is 65.5 Å². The average molecular weight is 2220 g/mol. The normalized spacial score (nSPS) is 11.9. The van der Waals surface area contributed by atoms with Gasteiger partial charge in [0.15, 0.2) is 0 Å². The number of carbonyl (C=O) groups excluding carboxylic acids is 8. The summed E-state index contributed by atoms with van der Waals surface area (Å²) in [5, 5.41) is 41.9. The molecule has 3 aliphatic heterocycles. The lowest BCUT2D eigenvalue weighted by Crippen LogP contribution is -2.37. The highest BCUT2D eigenvalue weighted by Crippen LogP contribution is 2.34. The lowest BCUT2D eigenvalue weighted by Gasteiger charge is -2.23. The molecule has 8 aromatic carbocycles. The molecule has 11 rings (SSSR count). The molecule has 6 amide bonds. The van der Waals surface area contributed by atoms with Gasteiger partial charge in [0.25, 0.3) is 17.7 Å². The quantitative estimate of drug-likeness (QED) is 0.0498. The number of fused-ring (bicyclic) bond motifs is 3. The van der Waals surface area contributed by atoms with Crippen molar-refractivity contribution in [3.63, 3.8) is 0 Å². The van der Waals surface area contributed by atoms with Gasteiger partial charge in [0.2, 0.25) is 0 Å². The van der Waals surface area contributed by atoms with Crippen LogP contribution in [0.15, 0.2) is 124 Å². The van der Waals surface area contributed by atoms with Gasteiger partial charge in [0.1, 0.15) is 16.8 Å². The number of aryl methyl sites for hydroxylation is 11. The maximum absolute atomic E-state index is 12.3. The zero-order valence-electron chi connectivity index (χ0n) is 71.1. The first kappa shape index (κ1) is 105. The van der Waals surface area contributed by atoms with Crippen molar-refractivity contribution in [3.05, 3.63) is 267 Å². The number of amides is 6. The summed E-state index contributed by atoms with van der Waals surface area (Å²) in [4.78, 5) is 119. The molecule has 0 fully saturated rings. The number of hydrogen-bond acceptors (Lipinski definition) is 17. The Morgan fingerprint density at radius 1 is 0.438 bits per heavy atom. The van der Waals surface area contributed by atoms with Crippen molar-refractivity contribution in [2.45, 2.75) is 187 Å². The van der Waals surface area contributed by atoms with Crippen LogP contribution >= 0.6 is 134 Å². The number of nitrogens with one attached hydrogen (secondary N) is 2. The van der Waals surface area contributed by atoms with Gasteiger partial charge in [-0.15, -0.1) is 0 Å². The molecule has 0 spiro atoms. The van der Waals surface area contributed by atoms with Crippen LogP contribution in [0.4, 0.5) is 14.4 Å². The van der Waals surface area contributed by atoms with E-state index in [0.29, 0.717) is 73.1 Å². The first-order valence-corrected chi connectivity index (χ1v) is 43.9. The predicted molar refractivity (Wildman–Crippen MR) is 498 cm³/mol. The molecule has 0 atom stereocenters. The molecule has 8 aromatic rings. The van der Waals surface area contributed by atoms with Crippen molar-refractivity contribution in [2.24, 2.45) is 0 Å². The van der Waals surface area contributed by atoms with Gasteiger partial charge >= 0.3 is 42.2 Å². The Bertz CT molecular complexity index is 5340. The Morgan fingerprint density at radius 3 is 1.17 bits per heavy atom. The first-order valence-electron chi connectivity index (χ1n) is 37.0. The minimum Gasteiger partial charge on any atom is -0.478 e. The van der Waals surface area contributed by atoms with Gasteiger partial charge in [0.05, 0.1) is 72.8 Å². The molecule has 3 aliphatic rings. The van der Waals surface area contributed by atoms with E-state index in [9.17, 15) is 53.1 Å². The Hall–Kier alpha value is -8.67. The number of carboxylic acid groups (broad SMARTS) is 2. The summed E-state index contributed by atoms with van der Waals surface area (Å²) >= 11 is 26.0. The number of halogens is 8. The smallest absolute Gasteiger partial charge is 0.417 e. The fraction of sp³-hybridized carbons (Fsp3) is 0.333. The van der Waals surface area contributed by atoms with E-state index in [1.807, 2.05) is 95.3 Å². The molecule has 4 N–H and O–H groups in total. The molecule has 121 heavy (non-hydrogen) atoms. The highest BCUT2D eigenvalue weighted by atomic mass is 127. The first-order chi connectivity index (χ1) is 56.0. The molecular formula is C90H96Br7IN6O17. The molecular weight excluding hydrogens is 2120 g/mol. The Labute approximate surface area is 779 Å². The summed E-state index contributed by atoms with van der Waals surface area (Å²) < 4.78 is 32.3. The fourth-order valence-corrected chi connectivity index (χ4v) is 17.1. The number of alkyl halides is 1. The van der Waals surface area contributed by atoms with Crippen LogP contribution in [-0.4, -0.2) is 111 Å². The minimum atomic E-state index is -1.10. The van der Waals surface area contributed by atoms with Crippen LogP contribution in [0.5, 0.6) is 0 Å². The van der Waals surface area contributed by atoms with Crippen molar-refractivity contribution in [2.75, 3.05) is 14.2 Å². The second-order valence-electron chi connectivity index (χ2n) is 30.8. The Kier molecular flexibility index (Phi) is 39.9. The lowest BCUT2D eigenvalue weighted by molar-refractivity contribution is 0.0231. The number of rotatable bonds is 7.